The van der Waals surface area contributed by atoms with Crippen molar-refractivity contribution in [1.29, 1.82) is 0 Å². The minimum atomic E-state index is -2.20. The standard InChI is InChI=1S/C5H10N2O3/c1-2-7-3-5(9,10)4(8)6-7/h9-10H,2-3H2,1H3,(H,6,8). The number of hydrazine groups is 1. The Morgan fingerprint density at radius 2 is 2.40 bits per heavy atom. The van der Waals surface area contributed by atoms with Crippen LogP contribution in [0.25, 0.3) is 0 Å². The predicted molar refractivity (Wildman–Crippen MR) is 32.6 cm³/mol. The fourth-order valence-electron chi connectivity index (χ4n) is 0.801. The highest BCUT2D eigenvalue weighted by molar-refractivity contribution is 5.84. The smallest absolute Gasteiger partial charge is 0.295 e. The topological polar surface area (TPSA) is 72.8 Å². The van der Waals surface area contributed by atoms with Crippen molar-refractivity contribution in [3.05, 3.63) is 0 Å². The zero-order chi connectivity index (χ0) is 7.78. The number of carbonyl (C=O) groups excluding carboxylic acids is 1. The van der Waals surface area contributed by atoms with E-state index in [-0.39, 0.29) is 6.54 Å². The van der Waals surface area contributed by atoms with Gasteiger partial charge < -0.3 is 10.2 Å². The monoisotopic (exact) mass is 146 g/mol. The van der Waals surface area contributed by atoms with E-state index in [2.05, 4.69) is 5.43 Å². The largest absolute Gasteiger partial charge is 0.357 e. The minimum absolute atomic E-state index is 0.0671. The molecule has 0 aromatic heterocycles. The average Bonchev–Trinajstić information content (AvgIpc) is 2.08. The molecule has 1 saturated heterocycles. The number of hydrogen-bond donors (Lipinski definition) is 3. The summed E-state index contributed by atoms with van der Waals surface area (Å²) in [7, 11) is 0. The second kappa shape index (κ2) is 2.19. The molecule has 0 unspecified atom stereocenters. The van der Waals surface area contributed by atoms with Crippen LogP contribution in [0.15, 0.2) is 0 Å². The van der Waals surface area contributed by atoms with Crippen LogP contribution in [0, 0.1) is 0 Å². The fraction of sp³-hybridized carbons (Fsp3) is 0.800. The summed E-state index contributed by atoms with van der Waals surface area (Å²) in [5.74, 6) is -2.95. The van der Waals surface area contributed by atoms with E-state index >= 15 is 0 Å². The number of amides is 1. The number of nitrogens with one attached hydrogen (secondary N) is 1. The maximum absolute atomic E-state index is 10.6. The highest BCUT2D eigenvalue weighted by Gasteiger charge is 2.42. The SMILES string of the molecule is CCN1CC(O)(O)C(=O)N1. The molecule has 0 bridgehead atoms. The van der Waals surface area contributed by atoms with Gasteiger partial charge in [0.05, 0.1) is 6.54 Å². The lowest BCUT2D eigenvalue weighted by Crippen LogP contribution is -2.39. The molecule has 1 amide bonds. The van der Waals surface area contributed by atoms with Crippen LogP contribution < -0.4 is 5.43 Å². The maximum atomic E-state index is 10.6. The Bertz CT molecular complexity index is 157. The second-order valence-corrected chi connectivity index (χ2v) is 2.27. The van der Waals surface area contributed by atoms with Gasteiger partial charge in [-0.2, -0.15) is 0 Å². The van der Waals surface area contributed by atoms with Crippen molar-refractivity contribution in [2.45, 2.75) is 12.7 Å². The van der Waals surface area contributed by atoms with E-state index in [0.717, 1.165) is 0 Å². The van der Waals surface area contributed by atoms with E-state index in [1.165, 1.54) is 5.01 Å². The van der Waals surface area contributed by atoms with Gasteiger partial charge in [0.2, 0.25) is 0 Å². The molecule has 1 aliphatic heterocycles. The molecule has 0 saturated carbocycles. The van der Waals surface area contributed by atoms with E-state index in [9.17, 15) is 4.79 Å². The van der Waals surface area contributed by atoms with E-state index in [0.29, 0.717) is 6.54 Å². The van der Waals surface area contributed by atoms with Crippen molar-refractivity contribution < 1.29 is 15.0 Å². The molecule has 1 aliphatic rings. The predicted octanol–water partition coefficient (Wildman–Crippen LogP) is -1.97. The molecular formula is C5H10N2O3. The van der Waals surface area contributed by atoms with Crippen LogP contribution in [0.5, 0.6) is 0 Å². The van der Waals surface area contributed by atoms with E-state index in [4.69, 9.17) is 10.2 Å². The quantitative estimate of drug-likeness (QED) is 0.375. The first-order valence-electron chi connectivity index (χ1n) is 3.07. The Morgan fingerprint density at radius 1 is 1.80 bits per heavy atom. The third-order valence-electron chi connectivity index (χ3n) is 1.42. The third-order valence-corrected chi connectivity index (χ3v) is 1.42. The molecule has 3 N–H and O–H groups in total. The minimum Gasteiger partial charge on any atom is -0.357 e. The first-order valence-corrected chi connectivity index (χ1v) is 3.07. The summed E-state index contributed by atoms with van der Waals surface area (Å²) < 4.78 is 0. The van der Waals surface area contributed by atoms with E-state index in [1.807, 2.05) is 6.92 Å². The molecule has 0 aromatic rings. The molecule has 5 heteroatoms. The molecule has 0 radical (unpaired) electrons. The summed E-state index contributed by atoms with van der Waals surface area (Å²) in [5.41, 5.74) is 2.29. The van der Waals surface area contributed by atoms with Gasteiger partial charge in [-0.05, 0) is 0 Å². The van der Waals surface area contributed by atoms with Crippen LogP contribution in [0.4, 0.5) is 0 Å². The van der Waals surface area contributed by atoms with Crippen molar-refractivity contribution in [1.82, 2.24) is 10.4 Å². The van der Waals surface area contributed by atoms with Crippen molar-refractivity contribution in [3.8, 4) is 0 Å². The molecule has 0 spiro atoms. The van der Waals surface area contributed by atoms with Crippen LogP contribution in [0.1, 0.15) is 6.92 Å². The summed E-state index contributed by atoms with van der Waals surface area (Å²) in [6, 6.07) is 0. The van der Waals surface area contributed by atoms with Gasteiger partial charge in [-0.3, -0.25) is 10.2 Å². The van der Waals surface area contributed by atoms with Gasteiger partial charge in [0.15, 0.2) is 0 Å². The van der Waals surface area contributed by atoms with Gasteiger partial charge in [-0.15, -0.1) is 0 Å². The van der Waals surface area contributed by atoms with Crippen LogP contribution >= 0.6 is 0 Å². The number of carbonyl (C=O) groups is 1. The third kappa shape index (κ3) is 1.11. The molecule has 10 heavy (non-hydrogen) atoms. The van der Waals surface area contributed by atoms with Crippen molar-refractivity contribution in [2.24, 2.45) is 0 Å². The van der Waals surface area contributed by atoms with E-state index < -0.39 is 11.7 Å². The first-order chi connectivity index (χ1) is 4.56. The zero-order valence-electron chi connectivity index (χ0n) is 5.66. The molecule has 0 aromatic carbocycles. The number of rotatable bonds is 1. The van der Waals surface area contributed by atoms with Gasteiger partial charge in [0, 0.05) is 6.54 Å². The van der Waals surface area contributed by atoms with Gasteiger partial charge in [0.25, 0.3) is 11.7 Å². The molecule has 1 fully saturated rings. The molecule has 1 heterocycles. The van der Waals surface area contributed by atoms with Gasteiger partial charge in [-0.25, -0.2) is 5.01 Å². The van der Waals surface area contributed by atoms with Crippen LogP contribution in [-0.2, 0) is 4.79 Å². The lowest BCUT2D eigenvalue weighted by atomic mass is 10.3. The summed E-state index contributed by atoms with van der Waals surface area (Å²) in [6.07, 6.45) is 0. The first kappa shape index (κ1) is 7.46. The van der Waals surface area contributed by atoms with E-state index in [1.54, 1.807) is 0 Å². The summed E-state index contributed by atoms with van der Waals surface area (Å²) in [6.45, 7) is 2.30. The van der Waals surface area contributed by atoms with Crippen molar-refractivity contribution >= 4 is 5.91 Å². The summed E-state index contributed by atoms with van der Waals surface area (Å²) in [4.78, 5) is 10.6. The maximum Gasteiger partial charge on any atom is 0.295 e. The number of aliphatic hydroxyl groups is 2. The fourth-order valence-corrected chi connectivity index (χ4v) is 0.801. The van der Waals surface area contributed by atoms with Crippen LogP contribution in [0.2, 0.25) is 0 Å². The zero-order valence-corrected chi connectivity index (χ0v) is 5.66. The highest BCUT2D eigenvalue weighted by Crippen LogP contribution is 2.08. The normalized spacial score (nSPS) is 24.9. The lowest BCUT2D eigenvalue weighted by Gasteiger charge is -2.11. The summed E-state index contributed by atoms with van der Waals surface area (Å²) in [5, 5.41) is 19.2. The van der Waals surface area contributed by atoms with Crippen molar-refractivity contribution in [3.63, 3.8) is 0 Å². The molecule has 58 valence electrons. The Kier molecular flexibility index (Phi) is 1.63. The Labute approximate surface area is 58.2 Å². The lowest BCUT2D eigenvalue weighted by molar-refractivity contribution is -0.173. The van der Waals surface area contributed by atoms with Gasteiger partial charge in [-0.1, -0.05) is 6.92 Å². The number of nitrogens with zero attached hydrogens (tertiary/aromatic N) is 1. The number of likely N-dealkylation sites (N-methyl/N-ethyl adjacent to an activating group) is 1. The Balaban J connectivity index is 2.62. The van der Waals surface area contributed by atoms with Crippen LogP contribution in [-0.4, -0.2) is 40.0 Å². The molecule has 0 atom stereocenters. The van der Waals surface area contributed by atoms with Gasteiger partial charge in [0.1, 0.15) is 0 Å². The number of hydrogen-bond acceptors (Lipinski definition) is 4. The molecular weight excluding hydrogens is 136 g/mol. The second-order valence-electron chi connectivity index (χ2n) is 2.27. The molecule has 0 aliphatic carbocycles. The van der Waals surface area contributed by atoms with Gasteiger partial charge >= 0.3 is 0 Å². The highest BCUT2D eigenvalue weighted by atomic mass is 16.5. The molecule has 5 nitrogen and oxygen atoms in total. The Morgan fingerprint density at radius 3 is 2.60 bits per heavy atom. The average molecular weight is 146 g/mol. The molecule has 1 rings (SSSR count). The number of β-amino-alcohol motifs (C(OH)–C–C–N with tert-alkyl or cyclic N) is 2. The van der Waals surface area contributed by atoms with Crippen molar-refractivity contribution in [2.75, 3.05) is 13.1 Å². The Hall–Kier alpha value is -0.650. The summed E-state index contributed by atoms with van der Waals surface area (Å²) >= 11 is 0. The van der Waals surface area contributed by atoms with Crippen LogP contribution in [0.3, 0.4) is 0 Å².